The van der Waals surface area contributed by atoms with E-state index in [2.05, 4.69) is 50.4 Å². The van der Waals surface area contributed by atoms with Crippen LogP contribution in [-0.4, -0.2) is 19.7 Å². The molecule has 2 heteroatoms. The van der Waals surface area contributed by atoms with E-state index in [1.807, 2.05) is 0 Å². The maximum atomic E-state index is 5.68. The zero-order valence-corrected chi connectivity index (χ0v) is 13.9. The Balaban J connectivity index is 1.89. The van der Waals surface area contributed by atoms with E-state index in [0.29, 0.717) is 0 Å². The molecule has 2 nitrogen and oxygen atoms in total. The minimum absolute atomic E-state index is 0.727. The topological polar surface area (TPSA) is 21.3 Å². The van der Waals surface area contributed by atoms with Crippen LogP contribution >= 0.6 is 0 Å². The van der Waals surface area contributed by atoms with Crippen molar-refractivity contribution in [3.63, 3.8) is 0 Å². The summed E-state index contributed by atoms with van der Waals surface area (Å²) in [5.74, 6) is 3.27. The van der Waals surface area contributed by atoms with Crippen molar-refractivity contribution in [2.75, 3.05) is 19.7 Å². The van der Waals surface area contributed by atoms with Gasteiger partial charge in [-0.15, -0.1) is 0 Å². The number of rotatable bonds is 8. The highest BCUT2D eigenvalue weighted by Crippen LogP contribution is 2.39. The van der Waals surface area contributed by atoms with Crippen LogP contribution in [0, 0.1) is 11.8 Å². The van der Waals surface area contributed by atoms with Gasteiger partial charge in [0.1, 0.15) is 5.75 Å². The normalized spacial score (nSPS) is 21.9. The third-order valence-electron chi connectivity index (χ3n) is 4.40. The van der Waals surface area contributed by atoms with Gasteiger partial charge in [0.15, 0.2) is 0 Å². The first-order chi connectivity index (χ1) is 10.2. The van der Waals surface area contributed by atoms with Crippen molar-refractivity contribution >= 4 is 0 Å². The minimum atomic E-state index is 0.727. The predicted molar refractivity (Wildman–Crippen MR) is 90.0 cm³/mol. The summed E-state index contributed by atoms with van der Waals surface area (Å²) >= 11 is 0. The van der Waals surface area contributed by atoms with Gasteiger partial charge in [0.05, 0.1) is 6.61 Å². The van der Waals surface area contributed by atoms with Gasteiger partial charge in [-0.05, 0) is 67.8 Å². The monoisotopic (exact) mass is 289 g/mol. The smallest absolute Gasteiger partial charge is 0.119 e. The van der Waals surface area contributed by atoms with Crippen LogP contribution in [0.1, 0.15) is 57.9 Å². The summed E-state index contributed by atoms with van der Waals surface area (Å²) in [5.41, 5.74) is 1.49. The first-order valence-corrected chi connectivity index (χ1v) is 8.64. The lowest BCUT2D eigenvalue weighted by Gasteiger charge is -2.21. The van der Waals surface area contributed by atoms with Crippen LogP contribution in [0.3, 0.4) is 0 Å². The molecule has 2 atom stereocenters. The standard InChI is InChI=1S/C19H31NO/c1-4-12-21-18-10-8-16(9-11-18)19-7-5-6-17(19)14-20-13-15(2)3/h8-11,15,17,19-20H,4-7,12-14H2,1-3H3. The minimum Gasteiger partial charge on any atom is -0.494 e. The van der Waals surface area contributed by atoms with E-state index in [1.165, 1.54) is 24.8 Å². The lowest BCUT2D eigenvalue weighted by Crippen LogP contribution is -2.27. The summed E-state index contributed by atoms with van der Waals surface area (Å²) in [6.45, 7) is 9.79. The summed E-state index contributed by atoms with van der Waals surface area (Å²) in [6, 6.07) is 8.83. The summed E-state index contributed by atoms with van der Waals surface area (Å²) in [6.07, 6.45) is 5.13. The molecule has 0 aliphatic heterocycles. The molecule has 1 saturated carbocycles. The molecule has 1 aliphatic rings. The number of nitrogens with one attached hydrogen (secondary N) is 1. The van der Waals surface area contributed by atoms with Crippen LogP contribution in [0.2, 0.25) is 0 Å². The molecule has 1 N–H and O–H groups in total. The number of benzene rings is 1. The van der Waals surface area contributed by atoms with Crippen molar-refractivity contribution < 1.29 is 4.74 Å². The van der Waals surface area contributed by atoms with E-state index < -0.39 is 0 Å². The quantitative estimate of drug-likeness (QED) is 0.755. The first-order valence-electron chi connectivity index (χ1n) is 8.64. The van der Waals surface area contributed by atoms with Gasteiger partial charge in [-0.2, -0.15) is 0 Å². The second-order valence-corrected chi connectivity index (χ2v) is 6.77. The van der Waals surface area contributed by atoms with Crippen molar-refractivity contribution in [3.8, 4) is 5.75 Å². The molecule has 0 spiro atoms. The molecule has 118 valence electrons. The maximum absolute atomic E-state index is 5.68. The van der Waals surface area contributed by atoms with E-state index in [4.69, 9.17) is 4.74 Å². The Morgan fingerprint density at radius 3 is 2.62 bits per heavy atom. The fourth-order valence-corrected chi connectivity index (χ4v) is 3.31. The largest absolute Gasteiger partial charge is 0.494 e. The van der Waals surface area contributed by atoms with Gasteiger partial charge in [0.25, 0.3) is 0 Å². The summed E-state index contributed by atoms with van der Waals surface area (Å²) in [7, 11) is 0. The highest BCUT2D eigenvalue weighted by Gasteiger charge is 2.28. The van der Waals surface area contributed by atoms with E-state index >= 15 is 0 Å². The molecule has 0 radical (unpaired) electrons. The average molecular weight is 289 g/mol. The van der Waals surface area contributed by atoms with Gasteiger partial charge in [-0.3, -0.25) is 0 Å². The highest BCUT2D eigenvalue weighted by molar-refractivity contribution is 5.30. The van der Waals surface area contributed by atoms with Crippen LogP contribution in [0.25, 0.3) is 0 Å². The van der Waals surface area contributed by atoms with Crippen LogP contribution in [0.15, 0.2) is 24.3 Å². The highest BCUT2D eigenvalue weighted by atomic mass is 16.5. The predicted octanol–water partition coefficient (Wildman–Crippen LogP) is 4.60. The SMILES string of the molecule is CCCOc1ccc(C2CCCC2CNCC(C)C)cc1. The second-order valence-electron chi connectivity index (χ2n) is 6.77. The second kappa shape index (κ2) is 8.43. The Morgan fingerprint density at radius 2 is 1.95 bits per heavy atom. The van der Waals surface area contributed by atoms with Crippen LogP contribution in [0.5, 0.6) is 5.75 Å². The van der Waals surface area contributed by atoms with Gasteiger partial charge < -0.3 is 10.1 Å². The fourth-order valence-electron chi connectivity index (χ4n) is 3.31. The summed E-state index contributed by atoms with van der Waals surface area (Å²) in [5, 5.41) is 3.64. The fraction of sp³-hybridized carbons (Fsp3) is 0.684. The Hall–Kier alpha value is -1.02. The van der Waals surface area contributed by atoms with E-state index in [0.717, 1.165) is 49.6 Å². The van der Waals surface area contributed by atoms with Crippen molar-refractivity contribution in [2.24, 2.45) is 11.8 Å². The molecule has 0 saturated heterocycles. The van der Waals surface area contributed by atoms with E-state index in [1.54, 1.807) is 0 Å². The van der Waals surface area contributed by atoms with Gasteiger partial charge >= 0.3 is 0 Å². The first kappa shape index (κ1) is 16.4. The Morgan fingerprint density at radius 1 is 1.19 bits per heavy atom. The van der Waals surface area contributed by atoms with Crippen molar-refractivity contribution in [1.82, 2.24) is 5.32 Å². The molecule has 0 amide bonds. The molecule has 2 rings (SSSR count). The van der Waals surface area contributed by atoms with Crippen LogP contribution in [0.4, 0.5) is 0 Å². The molecular formula is C19H31NO. The lowest BCUT2D eigenvalue weighted by atomic mass is 9.89. The van der Waals surface area contributed by atoms with Crippen molar-refractivity contribution in [2.45, 2.75) is 52.4 Å². The third kappa shape index (κ3) is 5.03. The maximum Gasteiger partial charge on any atom is 0.119 e. The molecule has 1 aliphatic carbocycles. The number of ether oxygens (including phenoxy) is 1. The molecule has 0 aromatic heterocycles. The third-order valence-corrected chi connectivity index (χ3v) is 4.40. The van der Waals surface area contributed by atoms with Crippen LogP contribution < -0.4 is 10.1 Å². The molecule has 1 aromatic carbocycles. The zero-order chi connectivity index (χ0) is 15.1. The number of hydrogen-bond acceptors (Lipinski definition) is 2. The Kier molecular flexibility index (Phi) is 6.56. The summed E-state index contributed by atoms with van der Waals surface area (Å²) < 4.78 is 5.68. The molecule has 21 heavy (non-hydrogen) atoms. The molecule has 0 bridgehead atoms. The van der Waals surface area contributed by atoms with Crippen LogP contribution in [-0.2, 0) is 0 Å². The molecule has 0 heterocycles. The Bertz CT molecular complexity index is 399. The van der Waals surface area contributed by atoms with Gasteiger partial charge in [0, 0.05) is 0 Å². The van der Waals surface area contributed by atoms with Gasteiger partial charge in [-0.25, -0.2) is 0 Å². The van der Waals surface area contributed by atoms with Crippen molar-refractivity contribution in [1.29, 1.82) is 0 Å². The zero-order valence-electron chi connectivity index (χ0n) is 13.9. The number of hydrogen-bond donors (Lipinski definition) is 1. The molecule has 1 fully saturated rings. The summed E-state index contributed by atoms with van der Waals surface area (Å²) in [4.78, 5) is 0. The Labute approximate surface area is 130 Å². The van der Waals surface area contributed by atoms with E-state index in [-0.39, 0.29) is 0 Å². The van der Waals surface area contributed by atoms with E-state index in [9.17, 15) is 0 Å². The van der Waals surface area contributed by atoms with Gasteiger partial charge in [-0.1, -0.05) is 39.3 Å². The lowest BCUT2D eigenvalue weighted by molar-refractivity contribution is 0.317. The molecule has 1 aromatic rings. The molecule has 2 unspecified atom stereocenters. The average Bonchev–Trinajstić information content (AvgIpc) is 2.94. The molecular weight excluding hydrogens is 258 g/mol. The van der Waals surface area contributed by atoms with Gasteiger partial charge in [0.2, 0.25) is 0 Å². The van der Waals surface area contributed by atoms with Crippen molar-refractivity contribution in [3.05, 3.63) is 29.8 Å².